The number of rotatable bonds is 2. The molecule has 0 amide bonds. The first-order chi connectivity index (χ1) is 10.2. The first kappa shape index (κ1) is 12.8. The van der Waals surface area contributed by atoms with Crippen molar-refractivity contribution in [3.05, 3.63) is 30.1 Å². The van der Waals surface area contributed by atoms with Crippen LogP contribution in [0.25, 0.3) is 11.0 Å². The van der Waals surface area contributed by atoms with Gasteiger partial charge in [-0.3, -0.25) is 0 Å². The Bertz CT molecular complexity index is 667. The first-order valence-corrected chi connectivity index (χ1v) is 7.57. The fourth-order valence-electron chi connectivity index (χ4n) is 3.80. The highest BCUT2D eigenvalue weighted by atomic mass is 16.5. The maximum Gasteiger partial charge on any atom is 0.340 e. The van der Waals surface area contributed by atoms with Gasteiger partial charge in [0, 0.05) is 42.7 Å². The molecule has 4 heterocycles. The third-order valence-corrected chi connectivity index (χ3v) is 5.00. The topological polar surface area (TPSA) is 58.2 Å². The highest BCUT2D eigenvalue weighted by molar-refractivity contribution is 6.03. The molecule has 2 aromatic heterocycles. The molecule has 0 radical (unpaired) electrons. The molecule has 0 aliphatic carbocycles. The molecule has 110 valence electrons. The minimum atomic E-state index is -0.233. The monoisotopic (exact) mass is 285 g/mol. The molecule has 21 heavy (non-hydrogen) atoms. The number of ether oxygens (including phenoxy) is 1. The van der Waals surface area contributed by atoms with Crippen molar-refractivity contribution < 1.29 is 9.53 Å². The van der Waals surface area contributed by atoms with Gasteiger partial charge in [-0.25, -0.2) is 9.78 Å². The molecule has 2 fully saturated rings. The second-order valence-corrected chi connectivity index (χ2v) is 6.15. The van der Waals surface area contributed by atoms with Crippen LogP contribution in [0.5, 0.6) is 0 Å². The summed E-state index contributed by atoms with van der Waals surface area (Å²) in [5.74, 6) is -0.233. The third-order valence-electron chi connectivity index (χ3n) is 5.00. The van der Waals surface area contributed by atoms with Crippen LogP contribution in [0, 0.1) is 0 Å². The second kappa shape index (κ2) is 4.84. The quantitative estimate of drug-likeness (QED) is 0.860. The van der Waals surface area contributed by atoms with Crippen molar-refractivity contribution in [2.75, 3.05) is 7.05 Å². The van der Waals surface area contributed by atoms with Gasteiger partial charge in [0.15, 0.2) is 0 Å². The minimum Gasteiger partial charge on any atom is -0.459 e. The van der Waals surface area contributed by atoms with E-state index in [4.69, 9.17) is 4.74 Å². The number of carbonyl (C=O) groups is 1. The Labute approximate surface area is 123 Å². The summed E-state index contributed by atoms with van der Waals surface area (Å²) in [6.07, 6.45) is 7.83. The van der Waals surface area contributed by atoms with E-state index in [0.717, 1.165) is 23.9 Å². The van der Waals surface area contributed by atoms with Gasteiger partial charge in [0.2, 0.25) is 0 Å². The Balaban J connectivity index is 1.51. The lowest BCUT2D eigenvalue weighted by atomic mass is 10.0. The number of nitrogens with one attached hydrogen (secondary N) is 1. The van der Waals surface area contributed by atoms with E-state index in [-0.39, 0.29) is 12.1 Å². The van der Waals surface area contributed by atoms with Crippen LogP contribution in [-0.4, -0.2) is 46.1 Å². The molecule has 2 bridgehead atoms. The number of H-pyrrole nitrogens is 1. The summed E-state index contributed by atoms with van der Waals surface area (Å²) in [6.45, 7) is 0. The number of carbonyl (C=O) groups excluding carboxylic acids is 1. The van der Waals surface area contributed by atoms with Gasteiger partial charge < -0.3 is 14.6 Å². The lowest BCUT2D eigenvalue weighted by Crippen LogP contribution is -2.43. The summed E-state index contributed by atoms with van der Waals surface area (Å²) >= 11 is 0. The average molecular weight is 285 g/mol. The second-order valence-electron chi connectivity index (χ2n) is 6.15. The Hall–Kier alpha value is -1.88. The van der Waals surface area contributed by atoms with Crippen molar-refractivity contribution in [2.45, 2.75) is 43.9 Å². The van der Waals surface area contributed by atoms with Crippen LogP contribution in [0.3, 0.4) is 0 Å². The molecule has 2 aliphatic heterocycles. The van der Waals surface area contributed by atoms with Gasteiger partial charge in [0.1, 0.15) is 11.8 Å². The zero-order valence-corrected chi connectivity index (χ0v) is 12.1. The van der Waals surface area contributed by atoms with Gasteiger partial charge in [-0.2, -0.15) is 0 Å². The Morgan fingerprint density at radius 1 is 1.38 bits per heavy atom. The molecule has 2 unspecified atom stereocenters. The maximum atomic E-state index is 12.4. The number of fused-ring (bicyclic) bond motifs is 3. The van der Waals surface area contributed by atoms with Crippen LogP contribution in [0.2, 0.25) is 0 Å². The van der Waals surface area contributed by atoms with E-state index in [1.807, 2.05) is 12.1 Å². The van der Waals surface area contributed by atoms with Gasteiger partial charge in [-0.05, 0) is 32.0 Å². The Morgan fingerprint density at radius 3 is 2.90 bits per heavy atom. The number of pyridine rings is 1. The lowest BCUT2D eigenvalue weighted by Gasteiger charge is -2.35. The highest BCUT2D eigenvalue weighted by Crippen LogP contribution is 2.35. The van der Waals surface area contributed by atoms with E-state index in [1.165, 1.54) is 12.8 Å². The van der Waals surface area contributed by atoms with E-state index in [0.29, 0.717) is 17.6 Å². The molecule has 2 saturated heterocycles. The highest BCUT2D eigenvalue weighted by Gasteiger charge is 2.40. The van der Waals surface area contributed by atoms with Gasteiger partial charge in [0.05, 0.1) is 5.56 Å². The molecule has 2 atom stereocenters. The van der Waals surface area contributed by atoms with E-state index < -0.39 is 0 Å². The van der Waals surface area contributed by atoms with Crippen molar-refractivity contribution >= 4 is 17.0 Å². The van der Waals surface area contributed by atoms with Gasteiger partial charge in [-0.15, -0.1) is 0 Å². The van der Waals surface area contributed by atoms with Crippen LogP contribution in [-0.2, 0) is 4.74 Å². The summed E-state index contributed by atoms with van der Waals surface area (Å²) in [4.78, 5) is 22.1. The fraction of sp³-hybridized carbons (Fsp3) is 0.500. The van der Waals surface area contributed by atoms with Crippen molar-refractivity contribution in [3.63, 3.8) is 0 Å². The lowest BCUT2D eigenvalue weighted by molar-refractivity contribution is -0.000259. The number of aromatic amines is 1. The number of hydrogen-bond acceptors (Lipinski definition) is 4. The summed E-state index contributed by atoms with van der Waals surface area (Å²) in [5, 5.41) is 0.832. The molecule has 0 spiro atoms. The summed E-state index contributed by atoms with van der Waals surface area (Å²) in [6, 6.07) is 4.88. The Morgan fingerprint density at radius 2 is 2.14 bits per heavy atom. The first-order valence-electron chi connectivity index (χ1n) is 7.57. The SMILES string of the molecule is CN1C2CCC1CC(OC(=O)c1c[nH]c3ncccc13)C2. The summed E-state index contributed by atoms with van der Waals surface area (Å²) in [7, 11) is 2.19. The predicted octanol–water partition coefficient (Wildman–Crippen LogP) is 2.34. The maximum absolute atomic E-state index is 12.4. The zero-order chi connectivity index (χ0) is 14.4. The van der Waals surface area contributed by atoms with Crippen molar-refractivity contribution in [3.8, 4) is 0 Å². The van der Waals surface area contributed by atoms with Crippen LogP contribution in [0.4, 0.5) is 0 Å². The molecule has 0 aromatic carbocycles. The van der Waals surface area contributed by atoms with E-state index in [2.05, 4.69) is 21.9 Å². The normalized spacial score (nSPS) is 28.9. The van der Waals surface area contributed by atoms with E-state index >= 15 is 0 Å². The van der Waals surface area contributed by atoms with E-state index in [9.17, 15) is 4.79 Å². The smallest absolute Gasteiger partial charge is 0.340 e. The molecule has 4 rings (SSSR count). The summed E-state index contributed by atoms with van der Waals surface area (Å²) in [5.41, 5.74) is 1.32. The number of piperidine rings is 1. The van der Waals surface area contributed by atoms with E-state index in [1.54, 1.807) is 12.4 Å². The molecule has 5 nitrogen and oxygen atoms in total. The van der Waals surface area contributed by atoms with Gasteiger partial charge in [0.25, 0.3) is 0 Å². The molecule has 2 aliphatic rings. The van der Waals surface area contributed by atoms with Crippen LogP contribution in [0.15, 0.2) is 24.5 Å². The molecule has 2 aromatic rings. The van der Waals surface area contributed by atoms with Crippen LogP contribution < -0.4 is 0 Å². The molecular formula is C16H19N3O2. The largest absolute Gasteiger partial charge is 0.459 e. The number of hydrogen-bond donors (Lipinski definition) is 1. The molecule has 5 heteroatoms. The minimum absolute atomic E-state index is 0.0489. The molecule has 0 saturated carbocycles. The fourth-order valence-corrected chi connectivity index (χ4v) is 3.80. The summed E-state index contributed by atoms with van der Waals surface area (Å²) < 4.78 is 5.76. The number of esters is 1. The third kappa shape index (κ3) is 2.12. The van der Waals surface area contributed by atoms with Crippen LogP contribution in [0.1, 0.15) is 36.0 Å². The average Bonchev–Trinajstić information content (AvgIpc) is 2.98. The number of nitrogens with zero attached hydrogens (tertiary/aromatic N) is 2. The molecule has 1 N–H and O–H groups in total. The Kier molecular flexibility index (Phi) is 2.96. The van der Waals surface area contributed by atoms with Crippen molar-refractivity contribution in [1.82, 2.24) is 14.9 Å². The standard InChI is InChI=1S/C16H19N3O2/c1-19-10-4-5-11(19)8-12(7-10)21-16(20)14-9-18-15-13(14)3-2-6-17-15/h2-3,6,9-12H,4-5,7-8H2,1H3,(H,17,18). The van der Waals surface area contributed by atoms with Crippen LogP contribution >= 0.6 is 0 Å². The predicted molar refractivity (Wildman–Crippen MR) is 79.1 cm³/mol. The van der Waals surface area contributed by atoms with Gasteiger partial charge >= 0.3 is 5.97 Å². The van der Waals surface area contributed by atoms with Crippen molar-refractivity contribution in [2.24, 2.45) is 0 Å². The molecular weight excluding hydrogens is 266 g/mol. The number of aromatic nitrogens is 2. The van der Waals surface area contributed by atoms with Gasteiger partial charge in [-0.1, -0.05) is 0 Å². The zero-order valence-electron chi connectivity index (χ0n) is 12.1. The van der Waals surface area contributed by atoms with Crippen molar-refractivity contribution in [1.29, 1.82) is 0 Å².